The zero-order valence-electron chi connectivity index (χ0n) is 10.8. The molecule has 3 heteroatoms. The van der Waals surface area contributed by atoms with E-state index in [-0.39, 0.29) is 18.6 Å². The number of nitrogens with one attached hydrogen (secondary N) is 1. The standard InChI is InChI=1S/C14H21NO2/c1-10-4-5-13(8-11(10)2)9-14(17)15-12(3)6-7-16/h4-5,8,12,16H,6-7,9H2,1-3H3,(H,15,17). The van der Waals surface area contributed by atoms with Crippen LogP contribution >= 0.6 is 0 Å². The molecule has 0 saturated carbocycles. The van der Waals surface area contributed by atoms with Gasteiger partial charge in [0.15, 0.2) is 0 Å². The molecule has 94 valence electrons. The number of hydrogen-bond acceptors (Lipinski definition) is 2. The van der Waals surface area contributed by atoms with Crippen molar-refractivity contribution in [1.82, 2.24) is 5.32 Å². The highest BCUT2D eigenvalue weighted by molar-refractivity contribution is 5.78. The van der Waals surface area contributed by atoms with Gasteiger partial charge in [-0.1, -0.05) is 18.2 Å². The number of aliphatic hydroxyl groups excluding tert-OH is 1. The Bertz CT molecular complexity index is 388. The number of carbonyl (C=O) groups is 1. The van der Waals surface area contributed by atoms with Crippen molar-refractivity contribution in [2.24, 2.45) is 0 Å². The number of benzene rings is 1. The van der Waals surface area contributed by atoms with Crippen LogP contribution in [0.1, 0.15) is 30.0 Å². The topological polar surface area (TPSA) is 49.3 Å². The van der Waals surface area contributed by atoms with Crippen molar-refractivity contribution >= 4 is 5.91 Å². The van der Waals surface area contributed by atoms with Gasteiger partial charge in [-0.25, -0.2) is 0 Å². The third-order valence-electron chi connectivity index (χ3n) is 2.91. The van der Waals surface area contributed by atoms with Crippen molar-refractivity contribution in [3.8, 4) is 0 Å². The molecule has 0 aliphatic heterocycles. The summed E-state index contributed by atoms with van der Waals surface area (Å²) >= 11 is 0. The third kappa shape index (κ3) is 4.57. The van der Waals surface area contributed by atoms with Gasteiger partial charge >= 0.3 is 0 Å². The summed E-state index contributed by atoms with van der Waals surface area (Å²) in [6, 6.07) is 6.10. The van der Waals surface area contributed by atoms with E-state index in [1.165, 1.54) is 11.1 Å². The first-order valence-corrected chi connectivity index (χ1v) is 5.99. The highest BCUT2D eigenvalue weighted by Crippen LogP contribution is 2.10. The second-order valence-corrected chi connectivity index (χ2v) is 4.58. The molecule has 0 aliphatic rings. The number of carbonyl (C=O) groups excluding carboxylic acids is 1. The normalized spacial score (nSPS) is 12.2. The van der Waals surface area contributed by atoms with Gasteiger partial charge in [-0.05, 0) is 43.9 Å². The SMILES string of the molecule is Cc1ccc(CC(=O)NC(C)CCO)cc1C. The summed E-state index contributed by atoms with van der Waals surface area (Å²) in [5.41, 5.74) is 3.48. The van der Waals surface area contributed by atoms with Gasteiger partial charge in [-0.2, -0.15) is 0 Å². The van der Waals surface area contributed by atoms with Crippen molar-refractivity contribution < 1.29 is 9.90 Å². The van der Waals surface area contributed by atoms with Gasteiger partial charge < -0.3 is 10.4 Å². The lowest BCUT2D eigenvalue weighted by atomic mass is 10.0. The smallest absolute Gasteiger partial charge is 0.224 e. The zero-order chi connectivity index (χ0) is 12.8. The molecule has 0 aromatic heterocycles. The van der Waals surface area contributed by atoms with Crippen LogP contribution in [0.25, 0.3) is 0 Å². The molecule has 0 spiro atoms. The highest BCUT2D eigenvalue weighted by atomic mass is 16.3. The third-order valence-corrected chi connectivity index (χ3v) is 2.91. The first kappa shape index (κ1) is 13.7. The Morgan fingerprint density at radius 1 is 1.35 bits per heavy atom. The highest BCUT2D eigenvalue weighted by Gasteiger charge is 2.08. The monoisotopic (exact) mass is 235 g/mol. The van der Waals surface area contributed by atoms with Crippen LogP contribution < -0.4 is 5.32 Å². The largest absolute Gasteiger partial charge is 0.396 e. The first-order chi connectivity index (χ1) is 8.02. The minimum atomic E-state index is 0.00852. The van der Waals surface area contributed by atoms with Gasteiger partial charge in [-0.3, -0.25) is 4.79 Å². The van der Waals surface area contributed by atoms with E-state index in [0.29, 0.717) is 12.8 Å². The number of rotatable bonds is 5. The van der Waals surface area contributed by atoms with E-state index in [1.807, 2.05) is 32.0 Å². The van der Waals surface area contributed by atoms with Gasteiger partial charge in [0.25, 0.3) is 0 Å². The van der Waals surface area contributed by atoms with Gasteiger partial charge in [0.2, 0.25) is 5.91 Å². The lowest BCUT2D eigenvalue weighted by Gasteiger charge is -2.12. The van der Waals surface area contributed by atoms with Gasteiger partial charge in [0.1, 0.15) is 0 Å². The molecule has 1 rings (SSSR count). The molecule has 0 heterocycles. The van der Waals surface area contributed by atoms with Gasteiger partial charge in [0, 0.05) is 12.6 Å². The summed E-state index contributed by atoms with van der Waals surface area (Å²) in [5.74, 6) is 0.00852. The summed E-state index contributed by atoms with van der Waals surface area (Å²) in [7, 11) is 0. The Kier molecular flexibility index (Phi) is 5.16. The molecule has 0 saturated heterocycles. The Balaban J connectivity index is 2.53. The molecular weight excluding hydrogens is 214 g/mol. The Morgan fingerprint density at radius 2 is 2.06 bits per heavy atom. The average Bonchev–Trinajstić information content (AvgIpc) is 2.23. The molecule has 1 amide bonds. The van der Waals surface area contributed by atoms with Crippen molar-refractivity contribution in [1.29, 1.82) is 0 Å². The zero-order valence-corrected chi connectivity index (χ0v) is 10.8. The first-order valence-electron chi connectivity index (χ1n) is 5.99. The fraction of sp³-hybridized carbons (Fsp3) is 0.500. The van der Waals surface area contributed by atoms with E-state index in [0.717, 1.165) is 5.56 Å². The fourth-order valence-corrected chi connectivity index (χ4v) is 1.69. The predicted molar refractivity (Wildman–Crippen MR) is 68.9 cm³/mol. The van der Waals surface area contributed by atoms with Crippen molar-refractivity contribution in [2.45, 2.75) is 39.7 Å². The fourth-order valence-electron chi connectivity index (χ4n) is 1.69. The van der Waals surface area contributed by atoms with E-state index < -0.39 is 0 Å². The molecule has 1 aromatic carbocycles. The maximum atomic E-state index is 11.7. The van der Waals surface area contributed by atoms with Crippen LogP contribution in [0.3, 0.4) is 0 Å². The van der Waals surface area contributed by atoms with Gasteiger partial charge in [0.05, 0.1) is 6.42 Å². The van der Waals surface area contributed by atoms with Crippen LogP contribution in [0.2, 0.25) is 0 Å². The van der Waals surface area contributed by atoms with Crippen molar-refractivity contribution in [3.05, 3.63) is 34.9 Å². The molecule has 1 aromatic rings. The summed E-state index contributed by atoms with van der Waals surface area (Å²) in [4.78, 5) is 11.7. The van der Waals surface area contributed by atoms with Crippen LogP contribution in [-0.2, 0) is 11.2 Å². The maximum absolute atomic E-state index is 11.7. The molecular formula is C14H21NO2. The van der Waals surface area contributed by atoms with Crippen LogP contribution in [0.15, 0.2) is 18.2 Å². The molecule has 0 aliphatic carbocycles. The van der Waals surface area contributed by atoms with E-state index in [1.54, 1.807) is 0 Å². The molecule has 17 heavy (non-hydrogen) atoms. The van der Waals surface area contributed by atoms with E-state index in [9.17, 15) is 4.79 Å². The van der Waals surface area contributed by atoms with Crippen LogP contribution in [-0.4, -0.2) is 23.7 Å². The summed E-state index contributed by atoms with van der Waals surface area (Å²) in [5, 5.41) is 11.6. The van der Waals surface area contributed by atoms with Crippen molar-refractivity contribution in [3.63, 3.8) is 0 Å². The average molecular weight is 235 g/mol. The molecule has 0 bridgehead atoms. The van der Waals surface area contributed by atoms with Crippen LogP contribution in [0, 0.1) is 13.8 Å². The van der Waals surface area contributed by atoms with Crippen LogP contribution in [0.5, 0.6) is 0 Å². The lowest BCUT2D eigenvalue weighted by Crippen LogP contribution is -2.34. The quantitative estimate of drug-likeness (QED) is 0.816. The van der Waals surface area contributed by atoms with E-state index in [2.05, 4.69) is 12.2 Å². The number of aryl methyl sites for hydroxylation is 2. The predicted octanol–water partition coefficient (Wildman–Crippen LogP) is 1.73. The second kappa shape index (κ2) is 6.40. The summed E-state index contributed by atoms with van der Waals surface area (Å²) in [6.45, 7) is 6.10. The Labute approximate surface area is 103 Å². The van der Waals surface area contributed by atoms with Crippen molar-refractivity contribution in [2.75, 3.05) is 6.61 Å². The minimum absolute atomic E-state index is 0.00852. The lowest BCUT2D eigenvalue weighted by molar-refractivity contribution is -0.121. The summed E-state index contributed by atoms with van der Waals surface area (Å²) in [6.07, 6.45) is 0.996. The molecule has 0 radical (unpaired) electrons. The molecule has 3 nitrogen and oxygen atoms in total. The van der Waals surface area contributed by atoms with E-state index >= 15 is 0 Å². The summed E-state index contributed by atoms with van der Waals surface area (Å²) < 4.78 is 0. The minimum Gasteiger partial charge on any atom is -0.396 e. The maximum Gasteiger partial charge on any atom is 0.224 e. The number of hydrogen-bond donors (Lipinski definition) is 2. The van der Waals surface area contributed by atoms with Crippen LogP contribution in [0.4, 0.5) is 0 Å². The molecule has 1 atom stereocenters. The Hall–Kier alpha value is -1.35. The molecule has 1 unspecified atom stereocenters. The number of aliphatic hydroxyl groups is 1. The second-order valence-electron chi connectivity index (χ2n) is 4.58. The van der Waals surface area contributed by atoms with Gasteiger partial charge in [-0.15, -0.1) is 0 Å². The Morgan fingerprint density at radius 3 is 2.65 bits per heavy atom. The molecule has 2 N–H and O–H groups in total. The van der Waals surface area contributed by atoms with E-state index in [4.69, 9.17) is 5.11 Å². The molecule has 0 fully saturated rings. The number of amides is 1.